The van der Waals surface area contributed by atoms with Gasteiger partial charge in [0.1, 0.15) is 6.07 Å². The lowest BCUT2D eigenvalue weighted by Crippen LogP contribution is -2.10. The summed E-state index contributed by atoms with van der Waals surface area (Å²) in [5.74, 6) is -0.00783. The number of carbonyl (C=O) groups excluding carboxylic acids is 1. The molecular weight excluding hydrogens is 276 g/mol. The van der Waals surface area contributed by atoms with Gasteiger partial charge in [0, 0.05) is 11.8 Å². The largest absolute Gasteiger partial charge is 0.405 e. The molecule has 2 heterocycles. The average Bonchev–Trinajstić information content (AvgIpc) is 2.88. The smallest absolute Gasteiger partial charge is 0.344 e. The summed E-state index contributed by atoms with van der Waals surface area (Å²) in [6, 6.07) is 16.6. The van der Waals surface area contributed by atoms with Gasteiger partial charge in [-0.2, -0.15) is 5.26 Å². The van der Waals surface area contributed by atoms with Crippen LogP contribution in [0.4, 0.5) is 0 Å². The Hall–Kier alpha value is -3.06. The van der Waals surface area contributed by atoms with Crippen LogP contribution in [0.5, 0.6) is 5.88 Å². The predicted octanol–water partition coefficient (Wildman–Crippen LogP) is 3.59. The first-order valence-corrected chi connectivity index (χ1v) is 7.05. The SMILES string of the molecule is CCc1c(C#N)c2ccccn2c1OC(=O)c1ccccc1. The third kappa shape index (κ3) is 2.23. The molecule has 0 atom stereocenters. The summed E-state index contributed by atoms with van der Waals surface area (Å²) in [6.07, 6.45) is 2.41. The maximum Gasteiger partial charge on any atom is 0.344 e. The van der Waals surface area contributed by atoms with Gasteiger partial charge in [0.25, 0.3) is 0 Å². The van der Waals surface area contributed by atoms with Crippen LogP contribution < -0.4 is 4.74 Å². The first-order valence-electron chi connectivity index (χ1n) is 7.05. The van der Waals surface area contributed by atoms with Crippen LogP contribution in [0, 0.1) is 11.3 Å². The van der Waals surface area contributed by atoms with Crippen LogP contribution in [0.1, 0.15) is 28.4 Å². The van der Waals surface area contributed by atoms with E-state index < -0.39 is 5.97 Å². The van der Waals surface area contributed by atoms with Crippen molar-refractivity contribution >= 4 is 11.5 Å². The normalized spacial score (nSPS) is 10.4. The summed E-state index contributed by atoms with van der Waals surface area (Å²) >= 11 is 0. The summed E-state index contributed by atoms with van der Waals surface area (Å²) in [4.78, 5) is 12.3. The molecule has 4 heteroatoms. The van der Waals surface area contributed by atoms with E-state index in [4.69, 9.17) is 4.74 Å². The van der Waals surface area contributed by atoms with Gasteiger partial charge >= 0.3 is 5.97 Å². The van der Waals surface area contributed by atoms with Crippen molar-refractivity contribution in [2.24, 2.45) is 0 Å². The molecule has 0 N–H and O–H groups in total. The molecule has 0 bridgehead atoms. The van der Waals surface area contributed by atoms with Gasteiger partial charge < -0.3 is 4.74 Å². The second-order valence-electron chi connectivity index (χ2n) is 4.84. The molecule has 0 aliphatic carbocycles. The predicted molar refractivity (Wildman–Crippen MR) is 82.9 cm³/mol. The molecule has 0 saturated heterocycles. The number of fused-ring (bicyclic) bond motifs is 1. The van der Waals surface area contributed by atoms with Gasteiger partial charge in [-0.3, -0.25) is 4.40 Å². The van der Waals surface area contributed by atoms with E-state index >= 15 is 0 Å². The minimum atomic E-state index is -0.428. The molecule has 0 saturated carbocycles. The van der Waals surface area contributed by atoms with Gasteiger partial charge in [0.2, 0.25) is 5.88 Å². The Bertz CT molecular complexity index is 873. The van der Waals surface area contributed by atoms with E-state index in [0.717, 1.165) is 11.1 Å². The van der Waals surface area contributed by atoms with Gasteiger partial charge in [-0.15, -0.1) is 0 Å². The molecule has 3 aromatic rings. The number of carbonyl (C=O) groups is 1. The average molecular weight is 290 g/mol. The molecule has 0 unspecified atom stereocenters. The van der Waals surface area contributed by atoms with E-state index in [1.54, 1.807) is 34.9 Å². The van der Waals surface area contributed by atoms with Crippen molar-refractivity contribution in [3.8, 4) is 11.9 Å². The fourth-order valence-electron chi connectivity index (χ4n) is 2.52. The van der Waals surface area contributed by atoms with Crippen LogP contribution in [-0.2, 0) is 6.42 Å². The van der Waals surface area contributed by atoms with Crippen molar-refractivity contribution in [3.63, 3.8) is 0 Å². The molecule has 108 valence electrons. The van der Waals surface area contributed by atoms with Crippen molar-refractivity contribution in [3.05, 3.63) is 71.4 Å². The third-order valence-corrected chi connectivity index (χ3v) is 3.56. The molecule has 0 spiro atoms. The van der Waals surface area contributed by atoms with E-state index in [0.29, 0.717) is 23.4 Å². The number of hydrogen-bond donors (Lipinski definition) is 0. The second-order valence-corrected chi connectivity index (χ2v) is 4.84. The zero-order valence-corrected chi connectivity index (χ0v) is 12.1. The van der Waals surface area contributed by atoms with Gasteiger partial charge in [-0.25, -0.2) is 4.79 Å². The highest BCUT2D eigenvalue weighted by molar-refractivity contribution is 5.91. The zero-order chi connectivity index (χ0) is 15.5. The molecule has 4 nitrogen and oxygen atoms in total. The van der Waals surface area contributed by atoms with Crippen LogP contribution in [0.25, 0.3) is 5.52 Å². The molecule has 0 amide bonds. The highest BCUT2D eigenvalue weighted by Gasteiger charge is 2.20. The number of nitrogens with zero attached hydrogens (tertiary/aromatic N) is 2. The van der Waals surface area contributed by atoms with E-state index in [1.165, 1.54) is 0 Å². The molecular formula is C18H14N2O2. The highest BCUT2D eigenvalue weighted by atomic mass is 16.5. The van der Waals surface area contributed by atoms with Crippen LogP contribution in [0.3, 0.4) is 0 Å². The number of ether oxygens (including phenoxy) is 1. The van der Waals surface area contributed by atoms with E-state index in [9.17, 15) is 10.1 Å². The lowest BCUT2D eigenvalue weighted by Gasteiger charge is -2.06. The lowest BCUT2D eigenvalue weighted by molar-refractivity contribution is 0.0724. The summed E-state index contributed by atoms with van der Waals surface area (Å²) in [5, 5.41) is 9.41. The van der Waals surface area contributed by atoms with Crippen LogP contribution in [-0.4, -0.2) is 10.4 Å². The van der Waals surface area contributed by atoms with Crippen molar-refractivity contribution in [2.75, 3.05) is 0 Å². The fraction of sp³-hybridized carbons (Fsp3) is 0.111. The molecule has 0 fully saturated rings. The number of benzene rings is 1. The van der Waals surface area contributed by atoms with Crippen LogP contribution >= 0.6 is 0 Å². The summed E-state index contributed by atoms with van der Waals surface area (Å²) < 4.78 is 7.34. The second kappa shape index (κ2) is 5.74. The Labute approximate surface area is 128 Å². The topological polar surface area (TPSA) is 54.5 Å². The van der Waals surface area contributed by atoms with Gasteiger partial charge in [-0.1, -0.05) is 31.2 Å². The Morgan fingerprint density at radius 3 is 2.59 bits per heavy atom. The number of aromatic nitrogens is 1. The standard InChI is InChI=1S/C18H14N2O2/c1-2-14-15(12-19)16-10-6-7-11-20(16)17(14)22-18(21)13-8-4-3-5-9-13/h3-11H,2H2,1H3. The Morgan fingerprint density at radius 1 is 1.18 bits per heavy atom. The monoisotopic (exact) mass is 290 g/mol. The Morgan fingerprint density at radius 2 is 1.91 bits per heavy atom. The third-order valence-electron chi connectivity index (χ3n) is 3.56. The molecule has 0 radical (unpaired) electrons. The first kappa shape index (κ1) is 13.9. The van der Waals surface area contributed by atoms with Crippen molar-refractivity contribution in [1.82, 2.24) is 4.40 Å². The van der Waals surface area contributed by atoms with Gasteiger partial charge in [-0.05, 0) is 30.7 Å². The van der Waals surface area contributed by atoms with Crippen molar-refractivity contribution in [1.29, 1.82) is 5.26 Å². The van der Waals surface area contributed by atoms with Crippen molar-refractivity contribution < 1.29 is 9.53 Å². The molecule has 2 aromatic heterocycles. The Kier molecular flexibility index (Phi) is 3.63. The molecule has 0 aliphatic rings. The number of esters is 1. The first-order chi connectivity index (χ1) is 10.8. The van der Waals surface area contributed by atoms with E-state index in [-0.39, 0.29) is 0 Å². The van der Waals surface area contributed by atoms with E-state index in [2.05, 4.69) is 6.07 Å². The number of hydrogen-bond acceptors (Lipinski definition) is 3. The molecule has 22 heavy (non-hydrogen) atoms. The Balaban J connectivity index is 2.11. The highest BCUT2D eigenvalue weighted by Crippen LogP contribution is 2.30. The minimum Gasteiger partial charge on any atom is -0.405 e. The van der Waals surface area contributed by atoms with Crippen LogP contribution in [0.2, 0.25) is 0 Å². The van der Waals surface area contributed by atoms with Crippen LogP contribution in [0.15, 0.2) is 54.7 Å². The number of rotatable bonds is 3. The van der Waals surface area contributed by atoms with Gasteiger partial charge in [0.15, 0.2) is 0 Å². The quantitative estimate of drug-likeness (QED) is 0.693. The molecule has 1 aromatic carbocycles. The van der Waals surface area contributed by atoms with E-state index in [1.807, 2.05) is 31.2 Å². The molecule has 0 aliphatic heterocycles. The van der Waals surface area contributed by atoms with Crippen molar-refractivity contribution in [2.45, 2.75) is 13.3 Å². The minimum absolute atomic E-state index is 0.420. The summed E-state index contributed by atoms with van der Waals surface area (Å²) in [5.41, 5.74) is 2.53. The summed E-state index contributed by atoms with van der Waals surface area (Å²) in [7, 11) is 0. The molecule has 3 rings (SSSR count). The maximum absolute atomic E-state index is 12.3. The maximum atomic E-state index is 12.3. The number of pyridine rings is 1. The lowest BCUT2D eigenvalue weighted by atomic mass is 10.1. The zero-order valence-electron chi connectivity index (χ0n) is 12.1. The fourth-order valence-corrected chi connectivity index (χ4v) is 2.52. The van der Waals surface area contributed by atoms with Gasteiger partial charge in [0.05, 0.1) is 16.6 Å². The summed E-state index contributed by atoms with van der Waals surface area (Å²) in [6.45, 7) is 1.94. The number of nitriles is 1.